The number of sulfonamides is 1. The maximum atomic E-state index is 13.4. The van der Waals surface area contributed by atoms with Crippen molar-refractivity contribution in [2.45, 2.75) is 42.7 Å². The zero-order valence-electron chi connectivity index (χ0n) is 19.4. The van der Waals surface area contributed by atoms with E-state index in [1.54, 1.807) is 0 Å². The van der Waals surface area contributed by atoms with Crippen LogP contribution in [0.2, 0.25) is 0 Å². The molecule has 0 saturated carbocycles. The van der Waals surface area contributed by atoms with E-state index in [-0.39, 0.29) is 31.6 Å². The predicted molar refractivity (Wildman–Crippen MR) is 123 cm³/mol. The van der Waals surface area contributed by atoms with Crippen LogP contribution in [0.3, 0.4) is 0 Å². The second-order valence-electron chi connectivity index (χ2n) is 8.46. The molecule has 1 N–H and O–H groups in total. The number of carbonyl (C=O) groups is 1. The summed E-state index contributed by atoms with van der Waals surface area (Å²) in [5.74, 6) is -0.717. The van der Waals surface area contributed by atoms with Crippen LogP contribution in [0, 0.1) is 0 Å². The number of alkyl halides is 6. The highest BCUT2D eigenvalue weighted by Gasteiger charge is 2.44. The maximum absolute atomic E-state index is 13.4. The van der Waals surface area contributed by atoms with Crippen molar-refractivity contribution in [1.29, 1.82) is 0 Å². The van der Waals surface area contributed by atoms with Gasteiger partial charge in [0.1, 0.15) is 12.4 Å². The summed E-state index contributed by atoms with van der Waals surface area (Å²) in [4.78, 5) is 20.0. The van der Waals surface area contributed by atoms with E-state index in [1.165, 1.54) is 24.3 Å². The van der Waals surface area contributed by atoms with Gasteiger partial charge in [0.05, 0.1) is 34.0 Å². The van der Waals surface area contributed by atoms with Gasteiger partial charge in [-0.25, -0.2) is 18.4 Å². The molecule has 0 aliphatic carbocycles. The van der Waals surface area contributed by atoms with Crippen molar-refractivity contribution >= 4 is 15.9 Å². The van der Waals surface area contributed by atoms with Crippen LogP contribution < -0.4 is 5.32 Å². The summed E-state index contributed by atoms with van der Waals surface area (Å²) in [5, 5.41) is 2.54. The van der Waals surface area contributed by atoms with Crippen LogP contribution in [0.25, 0.3) is 11.3 Å². The highest BCUT2D eigenvalue weighted by atomic mass is 32.2. The van der Waals surface area contributed by atoms with Crippen LogP contribution in [0.5, 0.6) is 0 Å². The molecule has 3 aromatic rings. The maximum Gasteiger partial charge on any atom is 0.417 e. The van der Waals surface area contributed by atoms with Gasteiger partial charge >= 0.3 is 12.4 Å². The SMILES string of the molecule is O=C(NCc1cc(-c2ccc(C(F)(F)F)cc2)ncn1)[C@@H]1CCCN1S(=O)(=O)c1ccccc1C(F)(F)F. The third kappa shape index (κ3) is 5.80. The minimum absolute atomic E-state index is 0.111. The van der Waals surface area contributed by atoms with Gasteiger partial charge in [0.25, 0.3) is 0 Å². The van der Waals surface area contributed by atoms with Crippen molar-refractivity contribution in [3.63, 3.8) is 0 Å². The fourth-order valence-corrected chi connectivity index (χ4v) is 5.99. The number of hydrogen-bond acceptors (Lipinski definition) is 5. The second-order valence-corrected chi connectivity index (χ2v) is 10.3. The number of aromatic nitrogens is 2. The highest BCUT2D eigenvalue weighted by Crippen LogP contribution is 2.37. The fourth-order valence-electron chi connectivity index (χ4n) is 4.12. The molecule has 0 unspecified atom stereocenters. The van der Waals surface area contributed by atoms with Crippen molar-refractivity contribution in [2.24, 2.45) is 0 Å². The Kier molecular flexibility index (Phi) is 7.48. The minimum Gasteiger partial charge on any atom is -0.349 e. The third-order valence-corrected chi connectivity index (χ3v) is 7.93. The monoisotopic (exact) mass is 558 g/mol. The summed E-state index contributed by atoms with van der Waals surface area (Å²) in [7, 11) is -4.64. The van der Waals surface area contributed by atoms with E-state index in [2.05, 4.69) is 15.3 Å². The first kappa shape index (κ1) is 27.5. The van der Waals surface area contributed by atoms with Crippen molar-refractivity contribution in [1.82, 2.24) is 19.6 Å². The number of halogens is 6. The summed E-state index contributed by atoms with van der Waals surface area (Å²) in [6, 6.07) is 8.31. The topological polar surface area (TPSA) is 92.3 Å². The molecule has 0 bridgehead atoms. The van der Waals surface area contributed by atoms with Gasteiger partial charge in [-0.2, -0.15) is 30.6 Å². The van der Waals surface area contributed by atoms with Crippen molar-refractivity contribution in [3.05, 3.63) is 77.7 Å². The number of benzene rings is 2. The van der Waals surface area contributed by atoms with E-state index in [0.717, 1.165) is 34.9 Å². The van der Waals surface area contributed by atoms with E-state index in [0.29, 0.717) is 17.3 Å². The normalized spacial score (nSPS) is 16.9. The molecule has 7 nitrogen and oxygen atoms in total. The molecule has 1 fully saturated rings. The molecule has 1 aromatic heterocycles. The lowest BCUT2D eigenvalue weighted by Gasteiger charge is -2.25. The smallest absolute Gasteiger partial charge is 0.349 e. The lowest BCUT2D eigenvalue weighted by atomic mass is 10.1. The molecule has 2 aromatic carbocycles. The van der Waals surface area contributed by atoms with Crippen molar-refractivity contribution in [2.75, 3.05) is 6.54 Å². The third-order valence-electron chi connectivity index (χ3n) is 5.96. The zero-order chi connectivity index (χ0) is 27.7. The summed E-state index contributed by atoms with van der Waals surface area (Å²) >= 11 is 0. The van der Waals surface area contributed by atoms with Crippen LogP contribution >= 0.6 is 0 Å². The molecule has 2 heterocycles. The molecule has 4 rings (SSSR count). The zero-order valence-corrected chi connectivity index (χ0v) is 20.2. The first-order chi connectivity index (χ1) is 17.8. The molecule has 1 atom stereocenters. The molecular weight excluding hydrogens is 538 g/mol. The molecule has 0 spiro atoms. The lowest BCUT2D eigenvalue weighted by Crippen LogP contribution is -2.46. The number of nitrogens with zero attached hydrogens (tertiary/aromatic N) is 3. The first-order valence-electron chi connectivity index (χ1n) is 11.2. The van der Waals surface area contributed by atoms with Gasteiger partial charge in [0.2, 0.25) is 15.9 Å². The standard InChI is InChI=1S/C24H20F6N4O3S/c25-23(26,27)16-9-7-15(8-10-16)19-12-17(32-14-33-19)13-31-22(35)20-5-3-11-34(20)38(36,37)21-6-2-1-4-18(21)24(28,29)30/h1-2,4,6-10,12,14,20H,3,5,11,13H2,(H,31,35)/t20-/m0/s1. The van der Waals surface area contributed by atoms with Gasteiger partial charge in [0.15, 0.2) is 0 Å². The fraction of sp³-hybridized carbons (Fsp3) is 0.292. The van der Waals surface area contributed by atoms with E-state index in [4.69, 9.17) is 0 Å². The quantitative estimate of drug-likeness (QED) is 0.445. The largest absolute Gasteiger partial charge is 0.417 e. The Balaban J connectivity index is 1.48. The summed E-state index contributed by atoms with van der Waals surface area (Å²) in [6.45, 7) is -0.295. The number of hydrogen-bond donors (Lipinski definition) is 1. The van der Waals surface area contributed by atoms with Crippen LogP contribution in [0.15, 0.2) is 65.8 Å². The summed E-state index contributed by atoms with van der Waals surface area (Å²) in [6.07, 6.45) is -7.85. The second kappa shape index (κ2) is 10.3. The number of amides is 1. The Labute approximate surface area is 213 Å². The number of carbonyl (C=O) groups excluding carboxylic acids is 1. The average Bonchev–Trinajstić information content (AvgIpc) is 3.38. The van der Waals surface area contributed by atoms with Gasteiger partial charge in [-0.3, -0.25) is 4.79 Å². The molecule has 38 heavy (non-hydrogen) atoms. The molecule has 1 saturated heterocycles. The molecule has 0 radical (unpaired) electrons. The summed E-state index contributed by atoms with van der Waals surface area (Å²) < 4.78 is 106. The van der Waals surface area contributed by atoms with Crippen LogP contribution in [-0.2, 0) is 33.7 Å². The Morgan fingerprint density at radius 2 is 1.66 bits per heavy atom. The van der Waals surface area contributed by atoms with Gasteiger partial charge in [0, 0.05) is 12.1 Å². The molecule has 1 aliphatic rings. The molecular formula is C24H20F6N4O3S. The van der Waals surface area contributed by atoms with Gasteiger partial charge in [-0.05, 0) is 43.2 Å². The van der Waals surface area contributed by atoms with Gasteiger partial charge in [-0.15, -0.1) is 0 Å². The summed E-state index contributed by atoms with van der Waals surface area (Å²) in [5.41, 5.74) is -1.17. The minimum atomic E-state index is -4.90. The highest BCUT2D eigenvalue weighted by molar-refractivity contribution is 7.89. The van der Waals surface area contributed by atoms with Gasteiger partial charge < -0.3 is 5.32 Å². The predicted octanol–water partition coefficient (Wildman–Crippen LogP) is 4.65. The Hall–Kier alpha value is -3.52. The van der Waals surface area contributed by atoms with E-state index in [1.807, 2.05) is 0 Å². The van der Waals surface area contributed by atoms with Crippen molar-refractivity contribution in [3.8, 4) is 11.3 Å². The lowest BCUT2D eigenvalue weighted by molar-refractivity contribution is -0.140. The van der Waals surface area contributed by atoms with Crippen LogP contribution in [0.4, 0.5) is 26.3 Å². The number of rotatable bonds is 6. The van der Waals surface area contributed by atoms with E-state index >= 15 is 0 Å². The van der Waals surface area contributed by atoms with E-state index < -0.39 is 50.3 Å². The molecule has 1 aliphatic heterocycles. The molecule has 202 valence electrons. The Morgan fingerprint density at radius 1 is 0.974 bits per heavy atom. The first-order valence-corrected chi connectivity index (χ1v) is 12.7. The van der Waals surface area contributed by atoms with Gasteiger partial charge in [-0.1, -0.05) is 24.3 Å². The molecule has 14 heteroatoms. The Morgan fingerprint density at radius 3 is 2.32 bits per heavy atom. The van der Waals surface area contributed by atoms with Crippen molar-refractivity contribution < 1.29 is 39.6 Å². The van der Waals surface area contributed by atoms with E-state index in [9.17, 15) is 39.6 Å². The average molecular weight is 559 g/mol. The van der Waals surface area contributed by atoms with Crippen LogP contribution in [-0.4, -0.2) is 41.2 Å². The molecule has 1 amide bonds. The van der Waals surface area contributed by atoms with Crippen LogP contribution in [0.1, 0.15) is 29.7 Å². The Bertz CT molecular complexity index is 1430. The number of nitrogens with one attached hydrogen (secondary N) is 1.